The second kappa shape index (κ2) is 9.35. The molecule has 1 unspecified atom stereocenters. The van der Waals surface area contributed by atoms with Gasteiger partial charge in [-0.05, 0) is 44.8 Å². The van der Waals surface area contributed by atoms with Crippen LogP contribution in [-0.2, 0) is 9.53 Å². The molecule has 6 heteroatoms. The van der Waals surface area contributed by atoms with Gasteiger partial charge in [0.15, 0.2) is 0 Å². The Morgan fingerprint density at radius 2 is 2.08 bits per heavy atom. The van der Waals surface area contributed by atoms with Crippen molar-refractivity contribution in [2.45, 2.75) is 50.4 Å². The van der Waals surface area contributed by atoms with E-state index in [1.54, 1.807) is 7.11 Å². The molecule has 2 aliphatic rings. The highest BCUT2D eigenvalue weighted by Gasteiger charge is 2.31. The van der Waals surface area contributed by atoms with Crippen molar-refractivity contribution in [1.29, 1.82) is 0 Å². The van der Waals surface area contributed by atoms with Gasteiger partial charge in [0.25, 0.3) is 0 Å². The molecule has 144 valence electrons. The topological polar surface area (TPSA) is 76.8 Å². The molecule has 1 aromatic carbocycles. The number of nitrogens with one attached hydrogen (secondary N) is 1. The van der Waals surface area contributed by atoms with E-state index in [4.69, 9.17) is 15.2 Å². The van der Waals surface area contributed by atoms with E-state index in [0.29, 0.717) is 13.1 Å². The van der Waals surface area contributed by atoms with Crippen molar-refractivity contribution in [3.8, 4) is 5.75 Å². The van der Waals surface area contributed by atoms with Crippen LogP contribution in [0.1, 0.15) is 43.7 Å². The van der Waals surface area contributed by atoms with Crippen LogP contribution >= 0.6 is 0 Å². The molecule has 0 bridgehead atoms. The molecule has 0 spiro atoms. The van der Waals surface area contributed by atoms with Crippen molar-refractivity contribution in [3.63, 3.8) is 0 Å². The highest BCUT2D eigenvalue weighted by molar-refractivity contribution is 5.81. The lowest BCUT2D eigenvalue weighted by molar-refractivity contribution is -0.132. The third-order valence-electron chi connectivity index (χ3n) is 5.46. The van der Waals surface area contributed by atoms with Crippen LogP contribution in [0.15, 0.2) is 24.3 Å². The minimum Gasteiger partial charge on any atom is -0.496 e. The Labute approximate surface area is 156 Å². The molecular formula is C20H31N3O3. The molecule has 1 amide bonds. The van der Waals surface area contributed by atoms with Crippen LogP contribution < -0.4 is 15.8 Å². The van der Waals surface area contributed by atoms with Gasteiger partial charge in [-0.25, -0.2) is 0 Å². The number of benzene rings is 1. The summed E-state index contributed by atoms with van der Waals surface area (Å²) in [5.74, 6) is 0.843. The van der Waals surface area contributed by atoms with E-state index in [0.717, 1.165) is 37.2 Å². The molecule has 2 fully saturated rings. The van der Waals surface area contributed by atoms with Gasteiger partial charge in [0, 0.05) is 18.7 Å². The summed E-state index contributed by atoms with van der Waals surface area (Å²) in [7, 11) is 1.70. The molecular weight excluding hydrogens is 330 g/mol. The van der Waals surface area contributed by atoms with Gasteiger partial charge in [-0.1, -0.05) is 24.6 Å². The molecule has 0 saturated carbocycles. The maximum atomic E-state index is 12.6. The molecule has 0 aliphatic carbocycles. The molecule has 26 heavy (non-hydrogen) atoms. The van der Waals surface area contributed by atoms with Crippen LogP contribution in [0, 0.1) is 0 Å². The van der Waals surface area contributed by atoms with Gasteiger partial charge in [0.2, 0.25) is 5.91 Å². The molecule has 0 radical (unpaired) electrons. The summed E-state index contributed by atoms with van der Waals surface area (Å²) in [6, 6.07) is 8.21. The lowest BCUT2D eigenvalue weighted by Crippen LogP contribution is -2.43. The summed E-state index contributed by atoms with van der Waals surface area (Å²) in [5, 5.41) is 3.11. The average Bonchev–Trinajstić information content (AvgIpc) is 3.18. The Hall–Kier alpha value is -1.63. The third-order valence-corrected chi connectivity index (χ3v) is 5.46. The highest BCUT2D eigenvalue weighted by atomic mass is 16.5. The van der Waals surface area contributed by atoms with E-state index in [2.05, 4.69) is 16.3 Å². The average molecular weight is 361 g/mol. The first-order valence-corrected chi connectivity index (χ1v) is 9.73. The van der Waals surface area contributed by atoms with Gasteiger partial charge in [-0.2, -0.15) is 0 Å². The van der Waals surface area contributed by atoms with Crippen molar-refractivity contribution >= 4 is 5.91 Å². The monoisotopic (exact) mass is 361 g/mol. The van der Waals surface area contributed by atoms with E-state index < -0.39 is 0 Å². The number of piperidine rings is 1. The highest BCUT2D eigenvalue weighted by Crippen LogP contribution is 2.31. The number of likely N-dealkylation sites (tertiary alicyclic amines) is 1. The van der Waals surface area contributed by atoms with E-state index in [9.17, 15) is 4.79 Å². The van der Waals surface area contributed by atoms with E-state index in [-0.39, 0.29) is 24.2 Å². The van der Waals surface area contributed by atoms with Crippen molar-refractivity contribution in [3.05, 3.63) is 29.8 Å². The van der Waals surface area contributed by atoms with Gasteiger partial charge >= 0.3 is 0 Å². The fraction of sp³-hybridized carbons (Fsp3) is 0.650. The fourth-order valence-corrected chi connectivity index (χ4v) is 3.99. The molecule has 0 aromatic heterocycles. The lowest BCUT2D eigenvalue weighted by Gasteiger charge is -2.35. The van der Waals surface area contributed by atoms with Gasteiger partial charge in [0.05, 0.1) is 19.3 Å². The number of hydrogen-bond donors (Lipinski definition) is 2. The molecule has 2 heterocycles. The molecule has 3 atom stereocenters. The Kier molecular flexibility index (Phi) is 6.88. The van der Waals surface area contributed by atoms with Gasteiger partial charge in [-0.15, -0.1) is 0 Å². The van der Waals surface area contributed by atoms with Crippen LogP contribution in [0.4, 0.5) is 0 Å². The van der Waals surface area contributed by atoms with E-state index >= 15 is 0 Å². The second-order valence-electron chi connectivity index (χ2n) is 7.16. The van der Waals surface area contributed by atoms with E-state index in [1.165, 1.54) is 19.3 Å². The number of nitrogens with two attached hydrogens (primary N) is 1. The number of carbonyl (C=O) groups is 1. The smallest absolute Gasteiger partial charge is 0.249 e. The standard InChI is InChI=1S/C20H31N3O3/c1-25-18-8-4-3-7-16(18)17(23-11-5-2-6-12-23)14-22-20(24)19-10-9-15(13-21)26-19/h3-4,7-8,15,17,19H,2,5-6,9-14,21H2,1H3,(H,22,24)/t15-,17?,19+/m1/s1. The van der Waals surface area contributed by atoms with Gasteiger partial charge < -0.3 is 20.5 Å². The fourth-order valence-electron chi connectivity index (χ4n) is 3.99. The number of rotatable bonds is 7. The predicted molar refractivity (Wildman–Crippen MR) is 101 cm³/mol. The molecule has 3 N–H and O–H groups in total. The van der Waals surface area contributed by atoms with Crippen LogP contribution in [0.5, 0.6) is 5.75 Å². The number of amides is 1. The quantitative estimate of drug-likeness (QED) is 0.775. The second-order valence-corrected chi connectivity index (χ2v) is 7.16. The zero-order valence-electron chi connectivity index (χ0n) is 15.7. The maximum Gasteiger partial charge on any atom is 0.249 e. The predicted octanol–water partition coefficient (Wildman–Crippen LogP) is 1.84. The number of nitrogens with zero attached hydrogens (tertiary/aromatic N) is 1. The normalized spacial score (nSPS) is 25.0. The molecule has 2 aliphatic heterocycles. The van der Waals surface area contributed by atoms with Crippen molar-refractivity contribution in [1.82, 2.24) is 10.2 Å². The third kappa shape index (κ3) is 4.55. The zero-order chi connectivity index (χ0) is 18.4. The molecule has 3 rings (SSSR count). The summed E-state index contributed by atoms with van der Waals surface area (Å²) in [5.41, 5.74) is 6.78. The first-order chi connectivity index (χ1) is 12.7. The Morgan fingerprint density at radius 3 is 2.77 bits per heavy atom. The summed E-state index contributed by atoms with van der Waals surface area (Å²) < 4.78 is 11.3. The van der Waals surface area contributed by atoms with Crippen LogP contribution in [0.2, 0.25) is 0 Å². The Balaban J connectivity index is 1.68. The van der Waals surface area contributed by atoms with Crippen LogP contribution in [0.25, 0.3) is 0 Å². The number of hydrogen-bond acceptors (Lipinski definition) is 5. The van der Waals surface area contributed by atoms with Crippen LogP contribution in [0.3, 0.4) is 0 Å². The summed E-state index contributed by atoms with van der Waals surface area (Å²) >= 11 is 0. The summed E-state index contributed by atoms with van der Waals surface area (Å²) in [6.45, 7) is 3.13. The van der Waals surface area contributed by atoms with Gasteiger partial charge in [0.1, 0.15) is 11.9 Å². The van der Waals surface area contributed by atoms with Gasteiger partial charge in [-0.3, -0.25) is 9.69 Å². The molecule has 2 saturated heterocycles. The molecule has 6 nitrogen and oxygen atoms in total. The zero-order valence-corrected chi connectivity index (χ0v) is 15.7. The Bertz CT molecular complexity index is 589. The van der Waals surface area contributed by atoms with Crippen LogP contribution in [-0.4, -0.2) is 56.3 Å². The minimum atomic E-state index is -0.372. The number of ether oxygens (including phenoxy) is 2. The van der Waals surface area contributed by atoms with Crippen molar-refractivity contribution < 1.29 is 14.3 Å². The Morgan fingerprint density at radius 1 is 1.31 bits per heavy atom. The first-order valence-electron chi connectivity index (χ1n) is 9.73. The minimum absolute atomic E-state index is 0.0119. The van der Waals surface area contributed by atoms with Crippen molar-refractivity contribution in [2.75, 3.05) is 33.3 Å². The number of carbonyl (C=O) groups excluding carboxylic acids is 1. The lowest BCUT2D eigenvalue weighted by atomic mass is 10.0. The number of methoxy groups -OCH3 is 1. The SMILES string of the molecule is COc1ccccc1C(CNC(=O)[C@@H]1CC[C@H](CN)O1)N1CCCCC1. The summed E-state index contributed by atoms with van der Waals surface area (Å²) in [4.78, 5) is 15.0. The van der Waals surface area contributed by atoms with Crippen molar-refractivity contribution in [2.24, 2.45) is 5.73 Å². The maximum absolute atomic E-state index is 12.6. The largest absolute Gasteiger partial charge is 0.496 e. The number of para-hydroxylation sites is 1. The summed E-state index contributed by atoms with van der Waals surface area (Å²) in [6.07, 6.45) is 4.92. The first kappa shape index (κ1) is 19.1. The van der Waals surface area contributed by atoms with E-state index in [1.807, 2.05) is 18.2 Å². The molecule has 1 aromatic rings.